The number of para-hydroxylation sites is 1. The molecule has 176 valence electrons. The number of nitrogens with zero attached hydrogens (tertiary/aromatic N) is 2. The topological polar surface area (TPSA) is 100 Å². The number of nitriles is 1. The van der Waals surface area contributed by atoms with E-state index >= 15 is 0 Å². The largest absolute Gasteiger partial charge is 0.490 e. The Bertz CT molecular complexity index is 1440. The van der Waals surface area contributed by atoms with Crippen LogP contribution in [0.5, 0.6) is 11.5 Å². The number of carbonyl (C=O) groups is 1. The summed E-state index contributed by atoms with van der Waals surface area (Å²) in [5.74, 6) is 0.758. The smallest absolute Gasteiger partial charge is 0.262 e. The third kappa shape index (κ3) is 5.81. The second-order valence-corrected chi connectivity index (χ2v) is 8.15. The van der Waals surface area contributed by atoms with Crippen LogP contribution < -0.4 is 14.8 Å². The van der Waals surface area contributed by atoms with Crippen molar-refractivity contribution >= 4 is 45.9 Å². The molecule has 4 aromatic rings. The lowest BCUT2D eigenvalue weighted by molar-refractivity contribution is -0.118. The van der Waals surface area contributed by atoms with E-state index < -0.39 is 0 Å². The highest BCUT2D eigenvalue weighted by Crippen LogP contribution is 2.37. The molecule has 0 saturated carbocycles. The summed E-state index contributed by atoms with van der Waals surface area (Å²) in [6, 6.07) is 20.5. The molecule has 0 aliphatic heterocycles. The minimum absolute atomic E-state index is 0.244. The number of benzene rings is 3. The fraction of sp³-hybridized carbons (Fsp3) is 0.148. The quantitative estimate of drug-likeness (QED) is 0.297. The van der Waals surface area contributed by atoms with Crippen LogP contribution in [0.25, 0.3) is 22.7 Å². The first-order valence-corrected chi connectivity index (χ1v) is 11.4. The molecule has 8 heteroatoms. The first-order chi connectivity index (χ1) is 17.0. The second kappa shape index (κ2) is 10.8. The highest BCUT2D eigenvalue weighted by atomic mass is 35.5. The van der Waals surface area contributed by atoms with Crippen LogP contribution in [-0.2, 0) is 4.79 Å². The maximum absolute atomic E-state index is 12.3. The average Bonchev–Trinajstić information content (AvgIpc) is 3.26. The fourth-order valence-corrected chi connectivity index (χ4v) is 3.78. The molecule has 2 N–H and O–H groups in total. The number of H-pyrrole nitrogens is 1. The van der Waals surface area contributed by atoms with E-state index in [1.54, 1.807) is 30.3 Å². The zero-order chi connectivity index (χ0) is 24.8. The lowest BCUT2D eigenvalue weighted by atomic mass is 10.1. The van der Waals surface area contributed by atoms with E-state index in [9.17, 15) is 10.1 Å². The van der Waals surface area contributed by atoms with Crippen molar-refractivity contribution in [2.45, 2.75) is 13.8 Å². The monoisotopic (exact) mass is 486 g/mol. The Morgan fingerprint density at radius 2 is 1.97 bits per heavy atom. The number of anilines is 1. The van der Waals surface area contributed by atoms with Crippen LogP contribution in [-0.4, -0.2) is 29.1 Å². The van der Waals surface area contributed by atoms with Gasteiger partial charge in [-0.05, 0) is 67.4 Å². The summed E-state index contributed by atoms with van der Waals surface area (Å²) in [6.45, 7) is 3.95. The van der Waals surface area contributed by atoms with Crippen molar-refractivity contribution in [2.24, 2.45) is 0 Å². The molecule has 0 radical (unpaired) electrons. The number of allylic oxidation sites excluding steroid dienone is 1. The number of halogens is 1. The summed E-state index contributed by atoms with van der Waals surface area (Å²) in [4.78, 5) is 20.0. The van der Waals surface area contributed by atoms with Crippen molar-refractivity contribution in [2.75, 3.05) is 18.5 Å². The summed E-state index contributed by atoms with van der Waals surface area (Å²) in [6.07, 6.45) is 1.67. The molecule has 0 spiro atoms. The molecule has 3 aromatic carbocycles. The van der Waals surface area contributed by atoms with Gasteiger partial charge >= 0.3 is 0 Å². The molecule has 0 bridgehead atoms. The van der Waals surface area contributed by atoms with Gasteiger partial charge in [0.05, 0.1) is 28.2 Å². The minimum Gasteiger partial charge on any atom is -0.490 e. The van der Waals surface area contributed by atoms with Gasteiger partial charge in [0, 0.05) is 5.69 Å². The highest BCUT2D eigenvalue weighted by Gasteiger charge is 2.15. The molecule has 1 amide bonds. The van der Waals surface area contributed by atoms with Gasteiger partial charge in [0.15, 0.2) is 18.1 Å². The van der Waals surface area contributed by atoms with Crippen LogP contribution in [0.2, 0.25) is 5.02 Å². The predicted octanol–water partition coefficient (Wildman–Crippen LogP) is 6.01. The summed E-state index contributed by atoms with van der Waals surface area (Å²) in [7, 11) is 0. The van der Waals surface area contributed by atoms with E-state index in [1.807, 2.05) is 50.2 Å². The van der Waals surface area contributed by atoms with Gasteiger partial charge < -0.3 is 19.8 Å². The molecule has 0 unspecified atom stereocenters. The van der Waals surface area contributed by atoms with Crippen LogP contribution in [0.1, 0.15) is 23.9 Å². The number of nitrogens with one attached hydrogen (secondary N) is 2. The maximum Gasteiger partial charge on any atom is 0.262 e. The SMILES string of the molecule is CCOc1cc(C=C(C#N)c2nc3ccc(C)cc3[nH]2)cc(Cl)c1OCC(=O)Nc1ccccc1. The van der Waals surface area contributed by atoms with Crippen molar-refractivity contribution in [1.82, 2.24) is 9.97 Å². The number of ether oxygens (including phenoxy) is 2. The molecule has 0 fully saturated rings. The van der Waals surface area contributed by atoms with E-state index in [0.29, 0.717) is 35.0 Å². The van der Waals surface area contributed by atoms with Gasteiger partial charge in [0.2, 0.25) is 0 Å². The second-order valence-electron chi connectivity index (χ2n) is 7.74. The standard InChI is InChI=1S/C27H23ClN4O3/c1-3-34-24-14-18(12-19(15-29)27-31-22-10-9-17(2)11-23(22)32-27)13-21(28)26(24)35-16-25(33)30-20-7-5-4-6-8-20/h4-14H,3,16H2,1-2H3,(H,30,33)(H,31,32). The Labute approximate surface area is 208 Å². The third-order valence-electron chi connectivity index (χ3n) is 5.06. The summed E-state index contributed by atoms with van der Waals surface area (Å²) >= 11 is 6.50. The number of amides is 1. The van der Waals surface area contributed by atoms with Gasteiger partial charge in [0.1, 0.15) is 11.9 Å². The normalized spacial score (nSPS) is 11.2. The van der Waals surface area contributed by atoms with Crippen molar-refractivity contribution in [3.05, 3.63) is 82.6 Å². The number of hydrogen-bond donors (Lipinski definition) is 2. The Kier molecular flexibility index (Phi) is 7.34. The first-order valence-electron chi connectivity index (χ1n) is 11.0. The van der Waals surface area contributed by atoms with Crippen LogP contribution in [0, 0.1) is 18.3 Å². The van der Waals surface area contributed by atoms with Gasteiger partial charge in [0.25, 0.3) is 5.91 Å². The third-order valence-corrected chi connectivity index (χ3v) is 5.34. The number of hydrogen-bond acceptors (Lipinski definition) is 5. The van der Waals surface area contributed by atoms with Crippen LogP contribution >= 0.6 is 11.6 Å². The van der Waals surface area contributed by atoms with Crippen LogP contribution in [0.15, 0.2) is 60.7 Å². The number of imidazole rings is 1. The van der Waals surface area contributed by atoms with E-state index in [0.717, 1.165) is 16.6 Å². The number of aryl methyl sites for hydroxylation is 1. The van der Waals surface area contributed by atoms with Crippen LogP contribution in [0.4, 0.5) is 5.69 Å². The van der Waals surface area contributed by atoms with Gasteiger partial charge in [-0.3, -0.25) is 4.79 Å². The molecule has 7 nitrogen and oxygen atoms in total. The zero-order valence-corrected chi connectivity index (χ0v) is 20.0. The fourth-order valence-electron chi connectivity index (χ4n) is 3.50. The number of rotatable bonds is 8. The maximum atomic E-state index is 12.3. The van der Waals surface area contributed by atoms with E-state index in [2.05, 4.69) is 21.4 Å². The van der Waals surface area contributed by atoms with E-state index in [4.69, 9.17) is 21.1 Å². The first kappa shape index (κ1) is 23.9. The Morgan fingerprint density at radius 1 is 1.17 bits per heavy atom. The van der Waals surface area contributed by atoms with Gasteiger partial charge in [-0.25, -0.2) is 4.98 Å². The molecule has 0 aliphatic carbocycles. The zero-order valence-electron chi connectivity index (χ0n) is 19.3. The van der Waals surface area contributed by atoms with Gasteiger partial charge in [-0.15, -0.1) is 0 Å². The minimum atomic E-state index is -0.328. The molecular weight excluding hydrogens is 464 g/mol. The van der Waals surface area contributed by atoms with Crippen molar-refractivity contribution in [1.29, 1.82) is 5.26 Å². The molecule has 0 saturated heterocycles. The Morgan fingerprint density at radius 3 is 2.71 bits per heavy atom. The highest BCUT2D eigenvalue weighted by molar-refractivity contribution is 6.32. The Balaban J connectivity index is 1.58. The number of aromatic nitrogens is 2. The van der Waals surface area contributed by atoms with Crippen molar-refractivity contribution < 1.29 is 14.3 Å². The van der Waals surface area contributed by atoms with Gasteiger partial charge in [-0.2, -0.15) is 5.26 Å². The summed E-state index contributed by atoms with van der Waals surface area (Å²) in [5, 5.41) is 12.8. The number of aromatic amines is 1. The predicted molar refractivity (Wildman–Crippen MR) is 138 cm³/mol. The van der Waals surface area contributed by atoms with E-state index in [1.165, 1.54) is 0 Å². The number of fused-ring (bicyclic) bond motifs is 1. The number of carbonyl (C=O) groups excluding carboxylic acids is 1. The summed E-state index contributed by atoms with van der Waals surface area (Å²) in [5.41, 5.74) is 4.36. The average molecular weight is 487 g/mol. The lowest BCUT2D eigenvalue weighted by Gasteiger charge is -2.14. The van der Waals surface area contributed by atoms with Crippen LogP contribution in [0.3, 0.4) is 0 Å². The van der Waals surface area contributed by atoms with Crippen molar-refractivity contribution in [3.63, 3.8) is 0 Å². The van der Waals surface area contributed by atoms with Crippen molar-refractivity contribution in [3.8, 4) is 17.6 Å². The molecule has 35 heavy (non-hydrogen) atoms. The summed E-state index contributed by atoms with van der Waals surface area (Å²) < 4.78 is 11.4. The molecule has 1 aromatic heterocycles. The molecule has 4 rings (SSSR count). The molecule has 1 heterocycles. The lowest BCUT2D eigenvalue weighted by Crippen LogP contribution is -2.20. The Hall–Kier alpha value is -4.28. The van der Waals surface area contributed by atoms with E-state index in [-0.39, 0.29) is 23.3 Å². The molecule has 0 atom stereocenters. The molecule has 0 aliphatic rings. The molecular formula is C27H23ClN4O3. The van der Waals surface area contributed by atoms with Gasteiger partial charge in [-0.1, -0.05) is 35.9 Å².